The molecule has 1 unspecified atom stereocenters. The summed E-state index contributed by atoms with van der Waals surface area (Å²) in [7, 11) is 0. The fraction of sp³-hybridized carbons (Fsp3) is 0.267. The molecule has 1 aromatic carbocycles. The van der Waals surface area contributed by atoms with E-state index >= 15 is 0 Å². The van der Waals surface area contributed by atoms with Gasteiger partial charge in [0.1, 0.15) is 5.82 Å². The van der Waals surface area contributed by atoms with Crippen molar-refractivity contribution in [3.05, 3.63) is 59.7 Å². The van der Waals surface area contributed by atoms with E-state index in [0.29, 0.717) is 0 Å². The first-order chi connectivity index (χ1) is 8.69. The van der Waals surface area contributed by atoms with Crippen molar-refractivity contribution in [1.29, 1.82) is 0 Å². The monoisotopic (exact) mass is 244 g/mol. The van der Waals surface area contributed by atoms with Crippen molar-refractivity contribution in [1.82, 2.24) is 4.98 Å². The van der Waals surface area contributed by atoms with Gasteiger partial charge < -0.3 is 5.32 Å². The first kappa shape index (κ1) is 12.6. The van der Waals surface area contributed by atoms with Crippen LogP contribution in [0.25, 0.3) is 0 Å². The Hall–Kier alpha value is -1.90. The smallest absolute Gasteiger partial charge is 0.123 e. The highest BCUT2D eigenvalue weighted by atomic mass is 19.1. The Morgan fingerprint density at radius 3 is 2.72 bits per heavy atom. The van der Waals surface area contributed by atoms with Crippen LogP contribution in [-0.2, 0) is 0 Å². The Morgan fingerprint density at radius 1 is 1.28 bits per heavy atom. The van der Waals surface area contributed by atoms with E-state index in [-0.39, 0.29) is 11.9 Å². The van der Waals surface area contributed by atoms with E-state index in [2.05, 4.69) is 17.2 Å². The van der Waals surface area contributed by atoms with Crippen molar-refractivity contribution >= 4 is 5.69 Å². The quantitative estimate of drug-likeness (QED) is 0.876. The van der Waals surface area contributed by atoms with Gasteiger partial charge in [-0.25, -0.2) is 4.39 Å². The van der Waals surface area contributed by atoms with Crippen molar-refractivity contribution in [3.63, 3.8) is 0 Å². The number of anilines is 1. The van der Waals surface area contributed by atoms with Gasteiger partial charge in [-0.3, -0.25) is 4.98 Å². The summed E-state index contributed by atoms with van der Waals surface area (Å²) in [6.07, 6.45) is 2.69. The maximum Gasteiger partial charge on any atom is 0.123 e. The van der Waals surface area contributed by atoms with E-state index < -0.39 is 0 Å². The highest BCUT2D eigenvalue weighted by Gasteiger charge is 2.09. The van der Waals surface area contributed by atoms with Crippen LogP contribution >= 0.6 is 0 Å². The van der Waals surface area contributed by atoms with E-state index in [1.807, 2.05) is 25.1 Å². The molecule has 0 aliphatic rings. The Bertz CT molecular complexity index is 508. The molecule has 18 heavy (non-hydrogen) atoms. The molecule has 2 nitrogen and oxygen atoms in total. The molecule has 1 heterocycles. The van der Waals surface area contributed by atoms with Gasteiger partial charge in [0.05, 0.1) is 17.9 Å². The predicted molar refractivity (Wildman–Crippen MR) is 72.0 cm³/mol. The Morgan fingerprint density at radius 2 is 2.11 bits per heavy atom. The van der Waals surface area contributed by atoms with Crippen LogP contribution in [-0.4, -0.2) is 4.98 Å². The summed E-state index contributed by atoms with van der Waals surface area (Å²) in [5, 5.41) is 3.37. The van der Waals surface area contributed by atoms with Gasteiger partial charge in [-0.15, -0.1) is 0 Å². The van der Waals surface area contributed by atoms with Crippen LogP contribution in [0, 0.1) is 12.7 Å². The van der Waals surface area contributed by atoms with Gasteiger partial charge in [0, 0.05) is 5.69 Å². The molecule has 3 heteroatoms. The van der Waals surface area contributed by atoms with Crippen LogP contribution in [0.5, 0.6) is 0 Å². The van der Waals surface area contributed by atoms with Crippen LogP contribution in [0.15, 0.2) is 42.6 Å². The van der Waals surface area contributed by atoms with Gasteiger partial charge in [-0.2, -0.15) is 0 Å². The predicted octanol–water partition coefficient (Wildman–Crippen LogP) is 4.09. The zero-order valence-electron chi connectivity index (χ0n) is 10.7. The summed E-state index contributed by atoms with van der Waals surface area (Å²) in [6, 6.07) is 10.8. The van der Waals surface area contributed by atoms with Crippen LogP contribution in [0.1, 0.15) is 30.6 Å². The number of nitrogens with zero attached hydrogens (tertiary/aromatic N) is 1. The van der Waals surface area contributed by atoms with Crippen LogP contribution in [0.2, 0.25) is 0 Å². The summed E-state index contributed by atoms with van der Waals surface area (Å²) in [6.45, 7) is 4.03. The number of pyridine rings is 1. The van der Waals surface area contributed by atoms with Crippen LogP contribution < -0.4 is 5.32 Å². The first-order valence-electron chi connectivity index (χ1n) is 6.13. The SMILES string of the molecule is CCC(Nc1ccc(C)nc1)c1cccc(F)c1. The maximum absolute atomic E-state index is 13.2. The molecule has 0 bridgehead atoms. The lowest BCUT2D eigenvalue weighted by atomic mass is 10.0. The molecule has 1 atom stereocenters. The average Bonchev–Trinajstić information content (AvgIpc) is 2.38. The normalized spacial score (nSPS) is 12.2. The molecular weight excluding hydrogens is 227 g/mol. The molecule has 94 valence electrons. The molecule has 1 aromatic heterocycles. The molecule has 0 aliphatic heterocycles. The lowest BCUT2D eigenvalue weighted by Gasteiger charge is -2.18. The topological polar surface area (TPSA) is 24.9 Å². The van der Waals surface area contributed by atoms with Crippen molar-refractivity contribution in [2.75, 3.05) is 5.32 Å². The third-order valence-electron chi connectivity index (χ3n) is 2.91. The van der Waals surface area contributed by atoms with Gasteiger partial charge in [-0.1, -0.05) is 19.1 Å². The molecular formula is C15H17FN2. The van der Waals surface area contributed by atoms with E-state index in [9.17, 15) is 4.39 Å². The van der Waals surface area contributed by atoms with Gasteiger partial charge in [0.2, 0.25) is 0 Å². The van der Waals surface area contributed by atoms with Crippen molar-refractivity contribution in [2.24, 2.45) is 0 Å². The molecule has 0 spiro atoms. The number of nitrogens with one attached hydrogen (secondary N) is 1. The highest BCUT2D eigenvalue weighted by molar-refractivity contribution is 5.43. The summed E-state index contributed by atoms with van der Waals surface area (Å²) < 4.78 is 13.2. The number of halogens is 1. The zero-order chi connectivity index (χ0) is 13.0. The number of aryl methyl sites for hydroxylation is 1. The third kappa shape index (κ3) is 3.06. The molecule has 0 aliphatic carbocycles. The number of benzene rings is 1. The van der Waals surface area contributed by atoms with Crippen molar-refractivity contribution in [3.8, 4) is 0 Å². The fourth-order valence-electron chi connectivity index (χ4n) is 1.90. The number of rotatable bonds is 4. The van der Waals surface area contributed by atoms with Gasteiger partial charge in [0.25, 0.3) is 0 Å². The minimum atomic E-state index is -0.199. The molecule has 2 aromatic rings. The van der Waals surface area contributed by atoms with E-state index in [1.165, 1.54) is 6.07 Å². The molecule has 0 amide bonds. The van der Waals surface area contributed by atoms with Crippen molar-refractivity contribution < 1.29 is 4.39 Å². The number of hydrogen-bond acceptors (Lipinski definition) is 2. The van der Waals surface area contributed by atoms with Gasteiger partial charge in [-0.05, 0) is 43.2 Å². The fourth-order valence-corrected chi connectivity index (χ4v) is 1.90. The molecule has 0 saturated carbocycles. The largest absolute Gasteiger partial charge is 0.377 e. The summed E-state index contributed by atoms with van der Waals surface area (Å²) in [4.78, 5) is 4.24. The Labute approximate surface area is 107 Å². The number of hydrogen-bond donors (Lipinski definition) is 1. The second kappa shape index (κ2) is 5.63. The molecule has 0 saturated heterocycles. The minimum Gasteiger partial charge on any atom is -0.377 e. The third-order valence-corrected chi connectivity index (χ3v) is 2.91. The molecule has 1 N–H and O–H groups in total. The average molecular weight is 244 g/mol. The molecule has 2 rings (SSSR count). The van der Waals surface area contributed by atoms with Gasteiger partial charge >= 0.3 is 0 Å². The lowest BCUT2D eigenvalue weighted by molar-refractivity contribution is 0.621. The highest BCUT2D eigenvalue weighted by Crippen LogP contribution is 2.22. The van der Waals surface area contributed by atoms with E-state index in [0.717, 1.165) is 23.4 Å². The lowest BCUT2D eigenvalue weighted by Crippen LogP contribution is -2.10. The summed E-state index contributed by atoms with van der Waals surface area (Å²) in [5.74, 6) is -0.199. The first-order valence-corrected chi connectivity index (χ1v) is 6.13. The standard InChI is InChI=1S/C15H17FN2/c1-3-15(12-5-4-6-13(16)9-12)18-14-8-7-11(2)17-10-14/h4-10,15,18H,3H2,1-2H3. The summed E-state index contributed by atoms with van der Waals surface area (Å²) in [5.41, 5.74) is 2.90. The minimum absolute atomic E-state index is 0.102. The Balaban J connectivity index is 2.17. The van der Waals surface area contributed by atoms with Crippen LogP contribution in [0.3, 0.4) is 0 Å². The second-order valence-corrected chi connectivity index (χ2v) is 4.35. The van der Waals surface area contributed by atoms with E-state index in [1.54, 1.807) is 18.3 Å². The van der Waals surface area contributed by atoms with Gasteiger partial charge in [0.15, 0.2) is 0 Å². The maximum atomic E-state index is 13.2. The zero-order valence-corrected chi connectivity index (χ0v) is 10.7. The van der Waals surface area contributed by atoms with Crippen molar-refractivity contribution in [2.45, 2.75) is 26.3 Å². The summed E-state index contributed by atoms with van der Waals surface area (Å²) >= 11 is 0. The molecule has 0 fully saturated rings. The number of aromatic nitrogens is 1. The molecule has 0 radical (unpaired) electrons. The Kier molecular flexibility index (Phi) is 3.92. The van der Waals surface area contributed by atoms with Crippen LogP contribution in [0.4, 0.5) is 10.1 Å². The second-order valence-electron chi connectivity index (χ2n) is 4.35. The van der Waals surface area contributed by atoms with E-state index in [4.69, 9.17) is 0 Å².